The molecule has 0 aliphatic carbocycles. The number of nitrogens with one attached hydrogen (secondary N) is 2. The minimum absolute atomic E-state index is 0.152. The molecule has 2 atom stereocenters. The zero-order valence-electron chi connectivity index (χ0n) is 12.5. The minimum atomic E-state index is -0.398. The van der Waals surface area contributed by atoms with Crippen LogP contribution < -0.4 is 10.6 Å². The molecule has 2 rings (SSSR count). The van der Waals surface area contributed by atoms with Crippen LogP contribution in [0.2, 0.25) is 0 Å². The van der Waals surface area contributed by atoms with Gasteiger partial charge in [0.15, 0.2) is 0 Å². The minimum Gasteiger partial charge on any atom is -0.338 e. The Kier molecular flexibility index (Phi) is 5.99. The van der Waals surface area contributed by atoms with Gasteiger partial charge in [-0.2, -0.15) is 0 Å². The Labute approximate surface area is 125 Å². The van der Waals surface area contributed by atoms with E-state index in [0.29, 0.717) is 18.9 Å². The standard InChI is InChI=1S/C16H24FN3O/c1-13-10-20(11-14-6-3-2-4-7-14)12-15(13)19-16(21)18-9-5-8-17/h2-4,6-7,13,15H,5,8-12H2,1H3,(H2,18,19,21)/t13-,15-/m1/s1. The highest BCUT2D eigenvalue weighted by atomic mass is 19.1. The van der Waals surface area contributed by atoms with Crippen molar-refractivity contribution in [2.75, 3.05) is 26.3 Å². The van der Waals surface area contributed by atoms with Crippen molar-refractivity contribution >= 4 is 6.03 Å². The highest BCUT2D eigenvalue weighted by Gasteiger charge is 2.30. The van der Waals surface area contributed by atoms with Gasteiger partial charge in [0, 0.05) is 32.2 Å². The first-order valence-electron chi connectivity index (χ1n) is 7.55. The third-order valence-electron chi connectivity index (χ3n) is 3.85. The van der Waals surface area contributed by atoms with Crippen LogP contribution in [-0.2, 0) is 6.54 Å². The number of nitrogens with zero attached hydrogens (tertiary/aromatic N) is 1. The number of rotatable bonds is 6. The summed E-state index contributed by atoms with van der Waals surface area (Å²) in [6.45, 7) is 4.88. The molecule has 0 spiro atoms. The van der Waals surface area contributed by atoms with Gasteiger partial charge in [0.1, 0.15) is 0 Å². The Morgan fingerprint density at radius 3 is 2.81 bits per heavy atom. The van der Waals surface area contributed by atoms with Crippen LogP contribution in [0.4, 0.5) is 9.18 Å². The lowest BCUT2D eigenvalue weighted by molar-refractivity contribution is 0.234. The first-order valence-corrected chi connectivity index (χ1v) is 7.55. The van der Waals surface area contributed by atoms with Crippen LogP contribution in [-0.4, -0.2) is 43.3 Å². The number of hydrogen-bond acceptors (Lipinski definition) is 2. The van der Waals surface area contributed by atoms with Crippen LogP contribution in [0.3, 0.4) is 0 Å². The third-order valence-corrected chi connectivity index (χ3v) is 3.85. The van der Waals surface area contributed by atoms with E-state index in [-0.39, 0.29) is 12.1 Å². The largest absolute Gasteiger partial charge is 0.338 e. The molecule has 1 heterocycles. The molecule has 0 aromatic heterocycles. The zero-order valence-corrected chi connectivity index (χ0v) is 12.5. The van der Waals surface area contributed by atoms with E-state index < -0.39 is 6.67 Å². The summed E-state index contributed by atoms with van der Waals surface area (Å²) < 4.78 is 12.0. The lowest BCUT2D eigenvalue weighted by Gasteiger charge is -2.17. The van der Waals surface area contributed by atoms with Crippen LogP contribution in [0.1, 0.15) is 18.9 Å². The number of amides is 2. The summed E-state index contributed by atoms with van der Waals surface area (Å²) in [5, 5.41) is 5.68. The normalized spacial score (nSPS) is 22.2. The maximum absolute atomic E-state index is 12.0. The molecule has 2 N–H and O–H groups in total. The van der Waals surface area contributed by atoms with E-state index in [2.05, 4.69) is 34.6 Å². The second-order valence-corrected chi connectivity index (χ2v) is 5.71. The maximum atomic E-state index is 12.0. The molecule has 1 aliphatic heterocycles. The Morgan fingerprint density at radius 1 is 1.33 bits per heavy atom. The summed E-state index contributed by atoms with van der Waals surface area (Å²) in [6, 6.07) is 10.3. The van der Waals surface area contributed by atoms with Gasteiger partial charge in [0.05, 0.1) is 6.67 Å². The van der Waals surface area contributed by atoms with Crippen molar-refractivity contribution in [3.05, 3.63) is 35.9 Å². The summed E-state index contributed by atoms with van der Waals surface area (Å²) in [7, 11) is 0. The van der Waals surface area contributed by atoms with E-state index in [1.807, 2.05) is 18.2 Å². The average molecular weight is 293 g/mol. The Morgan fingerprint density at radius 2 is 2.10 bits per heavy atom. The molecule has 1 aromatic rings. The lowest BCUT2D eigenvalue weighted by Crippen LogP contribution is -2.45. The number of likely N-dealkylation sites (tertiary alicyclic amines) is 1. The molecule has 1 fully saturated rings. The van der Waals surface area contributed by atoms with Gasteiger partial charge >= 0.3 is 6.03 Å². The number of benzene rings is 1. The quantitative estimate of drug-likeness (QED) is 0.790. The zero-order chi connectivity index (χ0) is 15.1. The second-order valence-electron chi connectivity index (χ2n) is 5.71. The molecule has 1 aromatic carbocycles. The summed E-state index contributed by atoms with van der Waals surface area (Å²) in [6.07, 6.45) is 0.369. The van der Waals surface area contributed by atoms with Crippen molar-refractivity contribution in [1.29, 1.82) is 0 Å². The van der Waals surface area contributed by atoms with Crippen LogP contribution in [0.25, 0.3) is 0 Å². The van der Waals surface area contributed by atoms with Gasteiger partial charge in [-0.25, -0.2) is 4.79 Å². The van der Waals surface area contributed by atoms with Crippen LogP contribution in [0.15, 0.2) is 30.3 Å². The third kappa shape index (κ3) is 5.01. The molecular formula is C16H24FN3O. The predicted molar refractivity (Wildman–Crippen MR) is 81.8 cm³/mol. The molecule has 4 nitrogen and oxygen atoms in total. The fourth-order valence-corrected chi connectivity index (χ4v) is 2.71. The van der Waals surface area contributed by atoms with Crippen LogP contribution in [0, 0.1) is 5.92 Å². The van der Waals surface area contributed by atoms with Gasteiger partial charge in [-0.15, -0.1) is 0 Å². The molecule has 1 aliphatic rings. The van der Waals surface area contributed by atoms with Gasteiger partial charge < -0.3 is 10.6 Å². The highest BCUT2D eigenvalue weighted by Crippen LogP contribution is 2.18. The average Bonchev–Trinajstić information content (AvgIpc) is 2.80. The number of carbonyl (C=O) groups is 1. The first kappa shape index (κ1) is 15.8. The maximum Gasteiger partial charge on any atom is 0.315 e. The van der Waals surface area contributed by atoms with Crippen LogP contribution in [0.5, 0.6) is 0 Å². The first-order chi connectivity index (χ1) is 10.2. The van der Waals surface area contributed by atoms with Crippen molar-refractivity contribution in [3.63, 3.8) is 0 Å². The Balaban J connectivity index is 1.77. The van der Waals surface area contributed by atoms with Gasteiger partial charge in [-0.05, 0) is 17.9 Å². The summed E-state index contributed by atoms with van der Waals surface area (Å²) in [4.78, 5) is 14.1. The second kappa shape index (κ2) is 7.98. The van der Waals surface area contributed by atoms with E-state index in [9.17, 15) is 9.18 Å². The van der Waals surface area contributed by atoms with Crippen molar-refractivity contribution in [3.8, 4) is 0 Å². The lowest BCUT2D eigenvalue weighted by atomic mass is 10.1. The van der Waals surface area contributed by atoms with Crippen molar-refractivity contribution in [2.24, 2.45) is 5.92 Å². The van der Waals surface area contributed by atoms with E-state index in [1.165, 1.54) is 5.56 Å². The molecule has 1 saturated heterocycles. The topological polar surface area (TPSA) is 44.4 Å². The molecule has 0 saturated carbocycles. The smallest absolute Gasteiger partial charge is 0.315 e. The Bertz CT molecular complexity index is 440. The van der Waals surface area contributed by atoms with E-state index in [0.717, 1.165) is 19.6 Å². The molecule has 21 heavy (non-hydrogen) atoms. The number of alkyl halides is 1. The number of hydrogen-bond donors (Lipinski definition) is 2. The van der Waals surface area contributed by atoms with E-state index >= 15 is 0 Å². The molecule has 2 amide bonds. The molecule has 0 bridgehead atoms. The van der Waals surface area contributed by atoms with Gasteiger partial charge in [0.2, 0.25) is 0 Å². The fourth-order valence-electron chi connectivity index (χ4n) is 2.71. The van der Waals surface area contributed by atoms with Crippen molar-refractivity contribution in [1.82, 2.24) is 15.5 Å². The molecular weight excluding hydrogens is 269 g/mol. The SMILES string of the molecule is C[C@@H]1CN(Cc2ccccc2)C[C@H]1NC(=O)NCCCF. The van der Waals surface area contributed by atoms with Gasteiger partial charge in [-0.1, -0.05) is 37.3 Å². The Hall–Kier alpha value is -1.62. The molecule has 116 valence electrons. The molecule has 0 unspecified atom stereocenters. The molecule has 5 heteroatoms. The summed E-state index contributed by atoms with van der Waals surface area (Å²) >= 11 is 0. The molecule has 0 radical (unpaired) electrons. The number of halogens is 1. The monoisotopic (exact) mass is 293 g/mol. The van der Waals surface area contributed by atoms with Crippen molar-refractivity contribution < 1.29 is 9.18 Å². The van der Waals surface area contributed by atoms with Crippen molar-refractivity contribution in [2.45, 2.75) is 25.9 Å². The summed E-state index contributed by atoms with van der Waals surface area (Å²) in [5.41, 5.74) is 1.29. The summed E-state index contributed by atoms with van der Waals surface area (Å²) in [5.74, 6) is 0.417. The predicted octanol–water partition coefficient (Wildman–Crippen LogP) is 2.17. The fraction of sp³-hybridized carbons (Fsp3) is 0.562. The van der Waals surface area contributed by atoms with Gasteiger partial charge in [0.25, 0.3) is 0 Å². The van der Waals surface area contributed by atoms with E-state index in [1.54, 1.807) is 0 Å². The van der Waals surface area contributed by atoms with E-state index in [4.69, 9.17) is 0 Å². The van der Waals surface area contributed by atoms with Gasteiger partial charge in [-0.3, -0.25) is 9.29 Å². The number of carbonyl (C=O) groups excluding carboxylic acids is 1. The highest BCUT2D eigenvalue weighted by molar-refractivity contribution is 5.74. The number of urea groups is 1. The van der Waals surface area contributed by atoms with Crippen LogP contribution >= 0.6 is 0 Å².